The standard InChI is InChI=1S/C22H20ClN3O2/c1-26(14-22(27)25-21-11-19(23)7-5-18(21)12-24)13-15-3-4-17-10-20(28-2)8-6-16(17)9-15/h3-11H,13-14H2,1-2H3,(H,25,27)/p+1. The Morgan fingerprint density at radius 2 is 1.89 bits per heavy atom. The molecule has 3 rings (SSSR count). The zero-order valence-electron chi connectivity index (χ0n) is 15.8. The van der Waals surface area contributed by atoms with Crippen molar-refractivity contribution in [3.8, 4) is 11.8 Å². The quantitative estimate of drug-likeness (QED) is 0.675. The fourth-order valence-corrected chi connectivity index (χ4v) is 3.28. The Kier molecular flexibility index (Phi) is 6.15. The Balaban J connectivity index is 1.64. The Morgan fingerprint density at radius 1 is 1.14 bits per heavy atom. The van der Waals surface area contributed by atoms with Crippen molar-refractivity contribution in [2.45, 2.75) is 6.54 Å². The van der Waals surface area contributed by atoms with Gasteiger partial charge in [0.15, 0.2) is 6.54 Å². The summed E-state index contributed by atoms with van der Waals surface area (Å²) in [5.74, 6) is 0.666. The number of carbonyl (C=O) groups excluding carboxylic acids is 1. The van der Waals surface area contributed by atoms with Crippen LogP contribution in [-0.4, -0.2) is 26.6 Å². The first-order chi connectivity index (χ1) is 13.5. The molecule has 0 aliphatic rings. The number of nitriles is 1. The molecule has 1 unspecified atom stereocenters. The minimum Gasteiger partial charge on any atom is -0.497 e. The van der Waals surface area contributed by atoms with Crippen LogP contribution in [0.15, 0.2) is 54.6 Å². The largest absolute Gasteiger partial charge is 0.497 e. The summed E-state index contributed by atoms with van der Waals surface area (Å²) in [6.45, 7) is 0.980. The molecule has 0 aliphatic heterocycles. The van der Waals surface area contributed by atoms with Crippen LogP contribution in [0, 0.1) is 11.3 Å². The molecule has 142 valence electrons. The second-order valence-electron chi connectivity index (χ2n) is 6.71. The zero-order valence-corrected chi connectivity index (χ0v) is 16.5. The molecule has 3 aromatic carbocycles. The number of nitrogens with zero attached hydrogens (tertiary/aromatic N) is 1. The van der Waals surface area contributed by atoms with Crippen molar-refractivity contribution in [2.24, 2.45) is 0 Å². The molecule has 0 spiro atoms. The Labute approximate surface area is 169 Å². The van der Waals surface area contributed by atoms with E-state index in [1.807, 2.05) is 25.2 Å². The third-order valence-corrected chi connectivity index (χ3v) is 4.69. The molecule has 0 radical (unpaired) electrons. The third-order valence-electron chi connectivity index (χ3n) is 4.46. The molecule has 0 saturated heterocycles. The summed E-state index contributed by atoms with van der Waals surface area (Å²) in [7, 11) is 3.61. The maximum Gasteiger partial charge on any atom is 0.279 e. The van der Waals surface area contributed by atoms with Crippen LogP contribution in [0.1, 0.15) is 11.1 Å². The molecule has 0 heterocycles. The summed E-state index contributed by atoms with van der Waals surface area (Å²) < 4.78 is 5.26. The molecule has 1 amide bonds. The lowest BCUT2D eigenvalue weighted by Crippen LogP contribution is -3.08. The first-order valence-electron chi connectivity index (χ1n) is 8.86. The van der Waals surface area contributed by atoms with Crippen LogP contribution in [0.5, 0.6) is 5.75 Å². The van der Waals surface area contributed by atoms with Gasteiger partial charge < -0.3 is 15.0 Å². The van der Waals surface area contributed by atoms with Crippen molar-refractivity contribution in [2.75, 3.05) is 26.0 Å². The first kappa shape index (κ1) is 19.7. The van der Waals surface area contributed by atoms with Crippen molar-refractivity contribution in [3.05, 3.63) is 70.7 Å². The highest BCUT2D eigenvalue weighted by Crippen LogP contribution is 2.22. The van der Waals surface area contributed by atoms with E-state index in [1.165, 1.54) is 0 Å². The highest BCUT2D eigenvalue weighted by atomic mass is 35.5. The maximum absolute atomic E-state index is 12.4. The summed E-state index contributed by atoms with van der Waals surface area (Å²) in [5, 5.41) is 14.7. The molecule has 0 bridgehead atoms. The highest BCUT2D eigenvalue weighted by Gasteiger charge is 2.13. The van der Waals surface area contributed by atoms with Crippen molar-refractivity contribution < 1.29 is 14.4 Å². The number of quaternary nitrogens is 1. The number of likely N-dealkylation sites (N-methyl/N-ethyl adjacent to an activating group) is 1. The molecule has 2 N–H and O–H groups in total. The highest BCUT2D eigenvalue weighted by molar-refractivity contribution is 6.31. The molecular weight excluding hydrogens is 374 g/mol. The average Bonchev–Trinajstić information content (AvgIpc) is 2.67. The van der Waals surface area contributed by atoms with Crippen LogP contribution in [0.2, 0.25) is 5.02 Å². The molecule has 0 aromatic heterocycles. The van der Waals surface area contributed by atoms with Gasteiger partial charge in [-0.05, 0) is 47.2 Å². The summed E-state index contributed by atoms with van der Waals surface area (Å²) in [6.07, 6.45) is 0. The summed E-state index contributed by atoms with van der Waals surface area (Å²) >= 11 is 5.96. The van der Waals surface area contributed by atoms with E-state index in [-0.39, 0.29) is 12.5 Å². The lowest BCUT2D eigenvalue weighted by Gasteiger charge is -2.15. The number of methoxy groups -OCH3 is 1. The van der Waals surface area contributed by atoms with Gasteiger partial charge in [-0.25, -0.2) is 0 Å². The summed E-state index contributed by atoms with van der Waals surface area (Å²) in [5.41, 5.74) is 1.97. The topological polar surface area (TPSA) is 66.6 Å². The van der Waals surface area contributed by atoms with E-state index in [2.05, 4.69) is 29.6 Å². The van der Waals surface area contributed by atoms with E-state index >= 15 is 0 Å². The van der Waals surface area contributed by atoms with Crippen LogP contribution >= 0.6 is 11.6 Å². The van der Waals surface area contributed by atoms with Gasteiger partial charge in [-0.3, -0.25) is 4.79 Å². The van der Waals surface area contributed by atoms with Gasteiger partial charge in [-0.15, -0.1) is 0 Å². The molecule has 28 heavy (non-hydrogen) atoms. The SMILES string of the molecule is COc1ccc2cc(C[NH+](C)CC(=O)Nc3cc(Cl)ccc3C#N)ccc2c1. The van der Waals surface area contributed by atoms with Crippen LogP contribution in [0.25, 0.3) is 10.8 Å². The maximum atomic E-state index is 12.4. The molecule has 1 atom stereocenters. The van der Waals surface area contributed by atoms with Gasteiger partial charge in [0.1, 0.15) is 18.4 Å². The number of carbonyl (C=O) groups is 1. The van der Waals surface area contributed by atoms with Crippen molar-refractivity contribution in [1.29, 1.82) is 5.26 Å². The number of rotatable bonds is 6. The third kappa shape index (κ3) is 4.80. The van der Waals surface area contributed by atoms with Gasteiger partial charge in [-0.2, -0.15) is 5.26 Å². The normalized spacial score (nSPS) is 11.6. The number of anilines is 1. The Bertz CT molecular complexity index is 1060. The number of benzene rings is 3. The summed E-state index contributed by atoms with van der Waals surface area (Å²) in [6, 6.07) is 19.1. The predicted molar refractivity (Wildman–Crippen MR) is 111 cm³/mol. The van der Waals surface area contributed by atoms with Gasteiger partial charge in [0.2, 0.25) is 0 Å². The first-order valence-corrected chi connectivity index (χ1v) is 9.24. The lowest BCUT2D eigenvalue weighted by atomic mass is 10.1. The van der Waals surface area contributed by atoms with Crippen molar-refractivity contribution in [3.63, 3.8) is 0 Å². The number of fused-ring (bicyclic) bond motifs is 1. The predicted octanol–water partition coefficient (Wildman–Crippen LogP) is 3.03. The Hall–Kier alpha value is -3.07. The molecule has 0 aliphatic carbocycles. The number of ether oxygens (including phenoxy) is 1. The van der Waals surface area contributed by atoms with E-state index in [0.29, 0.717) is 22.8 Å². The zero-order chi connectivity index (χ0) is 20.1. The molecule has 0 saturated carbocycles. The van der Waals surface area contributed by atoms with Crippen LogP contribution in [0.3, 0.4) is 0 Å². The van der Waals surface area contributed by atoms with E-state index < -0.39 is 0 Å². The van der Waals surface area contributed by atoms with E-state index in [1.54, 1.807) is 25.3 Å². The summed E-state index contributed by atoms with van der Waals surface area (Å²) in [4.78, 5) is 13.4. The molecule has 3 aromatic rings. The monoisotopic (exact) mass is 394 g/mol. The van der Waals surface area contributed by atoms with Gasteiger partial charge in [0.25, 0.3) is 5.91 Å². The van der Waals surface area contributed by atoms with E-state index in [9.17, 15) is 4.79 Å². The number of nitrogens with one attached hydrogen (secondary N) is 2. The van der Waals surface area contributed by atoms with E-state index in [4.69, 9.17) is 21.6 Å². The van der Waals surface area contributed by atoms with Crippen molar-refractivity contribution in [1.82, 2.24) is 0 Å². The van der Waals surface area contributed by atoms with Crippen LogP contribution < -0.4 is 15.0 Å². The van der Waals surface area contributed by atoms with Gasteiger partial charge in [-0.1, -0.05) is 29.8 Å². The van der Waals surface area contributed by atoms with Gasteiger partial charge in [0, 0.05) is 10.6 Å². The molecule has 0 fully saturated rings. The van der Waals surface area contributed by atoms with E-state index in [0.717, 1.165) is 27.0 Å². The smallest absolute Gasteiger partial charge is 0.279 e. The second kappa shape index (κ2) is 8.75. The minimum absolute atomic E-state index is 0.165. The van der Waals surface area contributed by atoms with Crippen molar-refractivity contribution >= 4 is 34.0 Å². The molecule has 6 heteroatoms. The number of halogens is 1. The number of hydrogen-bond acceptors (Lipinski definition) is 3. The van der Waals surface area contributed by atoms with Gasteiger partial charge in [0.05, 0.1) is 25.4 Å². The fourth-order valence-electron chi connectivity index (χ4n) is 3.11. The second-order valence-corrected chi connectivity index (χ2v) is 7.14. The lowest BCUT2D eigenvalue weighted by molar-refractivity contribution is -0.885. The molecule has 5 nitrogen and oxygen atoms in total. The van der Waals surface area contributed by atoms with Crippen LogP contribution in [0.4, 0.5) is 5.69 Å². The number of amides is 1. The van der Waals surface area contributed by atoms with Gasteiger partial charge >= 0.3 is 0 Å². The fraction of sp³-hybridized carbons (Fsp3) is 0.182. The average molecular weight is 395 g/mol. The van der Waals surface area contributed by atoms with Crippen LogP contribution in [-0.2, 0) is 11.3 Å². The molecular formula is C22H21ClN3O2+. The minimum atomic E-state index is -0.165. The number of hydrogen-bond donors (Lipinski definition) is 2. The Morgan fingerprint density at radius 3 is 2.64 bits per heavy atom.